The van der Waals surface area contributed by atoms with Crippen LogP contribution in [0.25, 0.3) is 0 Å². The molecule has 0 heterocycles. The standard InChI is InChI=1S/C16H26N2/c1-2-18(15-11-7-4-8-12-15)16(13-17)14-9-5-3-6-10-14/h3,5-6,9-10,15-16H,2,4,7-8,11-13,17H2,1H3. The number of likely N-dealkylation sites (N-methyl/N-ethyl adjacent to an activating group) is 1. The van der Waals surface area contributed by atoms with Gasteiger partial charge in [-0.05, 0) is 24.9 Å². The van der Waals surface area contributed by atoms with E-state index in [1.54, 1.807) is 0 Å². The van der Waals surface area contributed by atoms with Gasteiger partial charge in [0.05, 0.1) is 0 Å². The van der Waals surface area contributed by atoms with Crippen LogP contribution >= 0.6 is 0 Å². The number of rotatable bonds is 5. The van der Waals surface area contributed by atoms with Gasteiger partial charge in [0.2, 0.25) is 0 Å². The number of nitrogens with two attached hydrogens (primary N) is 1. The Kier molecular flexibility index (Phi) is 5.21. The van der Waals surface area contributed by atoms with Crippen LogP contribution in [0.5, 0.6) is 0 Å². The molecule has 0 saturated heterocycles. The molecule has 1 aromatic carbocycles. The second kappa shape index (κ2) is 6.91. The zero-order valence-electron chi connectivity index (χ0n) is 11.5. The Bertz CT molecular complexity index is 330. The summed E-state index contributed by atoms with van der Waals surface area (Å²) in [6.07, 6.45) is 6.86. The van der Waals surface area contributed by atoms with Gasteiger partial charge < -0.3 is 5.73 Å². The second-order valence-corrected chi connectivity index (χ2v) is 5.28. The lowest BCUT2D eigenvalue weighted by Gasteiger charge is -2.39. The predicted octanol–water partition coefficient (Wildman–Crippen LogP) is 3.34. The first-order valence-corrected chi connectivity index (χ1v) is 7.37. The topological polar surface area (TPSA) is 29.3 Å². The van der Waals surface area contributed by atoms with Gasteiger partial charge in [0, 0.05) is 18.6 Å². The van der Waals surface area contributed by atoms with Gasteiger partial charge in [-0.2, -0.15) is 0 Å². The average molecular weight is 246 g/mol. The van der Waals surface area contributed by atoms with Crippen molar-refractivity contribution in [3.63, 3.8) is 0 Å². The summed E-state index contributed by atoms with van der Waals surface area (Å²) in [7, 11) is 0. The van der Waals surface area contributed by atoms with Gasteiger partial charge in [-0.15, -0.1) is 0 Å². The van der Waals surface area contributed by atoms with Crippen molar-refractivity contribution in [1.82, 2.24) is 4.90 Å². The van der Waals surface area contributed by atoms with E-state index < -0.39 is 0 Å². The average Bonchev–Trinajstić information content (AvgIpc) is 2.46. The molecule has 0 radical (unpaired) electrons. The van der Waals surface area contributed by atoms with Crippen LogP contribution in [0.1, 0.15) is 50.6 Å². The van der Waals surface area contributed by atoms with Gasteiger partial charge >= 0.3 is 0 Å². The highest BCUT2D eigenvalue weighted by molar-refractivity contribution is 5.19. The molecular weight excluding hydrogens is 220 g/mol. The van der Waals surface area contributed by atoms with Crippen molar-refractivity contribution in [2.75, 3.05) is 13.1 Å². The third-order valence-electron chi connectivity index (χ3n) is 4.22. The van der Waals surface area contributed by atoms with Crippen molar-refractivity contribution < 1.29 is 0 Å². The van der Waals surface area contributed by atoms with Crippen molar-refractivity contribution in [3.05, 3.63) is 35.9 Å². The Morgan fingerprint density at radius 2 is 1.83 bits per heavy atom. The third kappa shape index (κ3) is 3.12. The van der Waals surface area contributed by atoms with E-state index in [2.05, 4.69) is 42.2 Å². The number of hydrogen-bond acceptors (Lipinski definition) is 2. The van der Waals surface area contributed by atoms with Crippen molar-refractivity contribution >= 4 is 0 Å². The van der Waals surface area contributed by atoms with E-state index in [0.29, 0.717) is 12.6 Å². The molecule has 0 aromatic heterocycles. The quantitative estimate of drug-likeness (QED) is 0.863. The summed E-state index contributed by atoms with van der Waals surface area (Å²) in [5.41, 5.74) is 7.41. The highest BCUT2D eigenvalue weighted by Gasteiger charge is 2.26. The summed E-state index contributed by atoms with van der Waals surface area (Å²) in [5.74, 6) is 0. The van der Waals surface area contributed by atoms with Gasteiger partial charge in [0.15, 0.2) is 0 Å². The molecule has 0 amide bonds. The summed E-state index contributed by atoms with van der Waals surface area (Å²) in [6, 6.07) is 11.9. The van der Waals surface area contributed by atoms with E-state index in [1.807, 2.05) is 0 Å². The van der Waals surface area contributed by atoms with Crippen molar-refractivity contribution in [2.45, 2.75) is 51.1 Å². The van der Waals surface area contributed by atoms with Gasteiger partial charge in [-0.25, -0.2) is 0 Å². The molecule has 1 saturated carbocycles. The largest absolute Gasteiger partial charge is 0.329 e. The third-order valence-corrected chi connectivity index (χ3v) is 4.22. The van der Waals surface area contributed by atoms with Gasteiger partial charge in [-0.1, -0.05) is 56.5 Å². The molecule has 1 aliphatic carbocycles. The SMILES string of the molecule is CCN(C1CCCCC1)C(CN)c1ccccc1. The summed E-state index contributed by atoms with van der Waals surface area (Å²) in [4.78, 5) is 2.62. The molecule has 100 valence electrons. The van der Waals surface area contributed by atoms with Crippen LogP contribution < -0.4 is 5.73 Å². The Hall–Kier alpha value is -0.860. The van der Waals surface area contributed by atoms with Crippen LogP contribution in [-0.4, -0.2) is 24.0 Å². The maximum atomic E-state index is 6.05. The van der Waals surface area contributed by atoms with Gasteiger partial charge in [-0.3, -0.25) is 4.90 Å². The van der Waals surface area contributed by atoms with Crippen molar-refractivity contribution in [2.24, 2.45) is 5.73 Å². The lowest BCUT2D eigenvalue weighted by Crippen LogP contribution is -2.42. The first-order valence-electron chi connectivity index (χ1n) is 7.37. The predicted molar refractivity (Wildman–Crippen MR) is 77.5 cm³/mol. The molecule has 2 heteroatoms. The highest BCUT2D eigenvalue weighted by atomic mass is 15.2. The fourth-order valence-corrected chi connectivity index (χ4v) is 3.28. The Labute approximate surface area is 111 Å². The minimum absolute atomic E-state index is 0.388. The lowest BCUT2D eigenvalue weighted by atomic mass is 9.92. The number of hydrogen-bond donors (Lipinski definition) is 1. The molecule has 0 bridgehead atoms. The zero-order chi connectivity index (χ0) is 12.8. The number of nitrogens with zero attached hydrogens (tertiary/aromatic N) is 1. The zero-order valence-corrected chi connectivity index (χ0v) is 11.5. The minimum atomic E-state index is 0.388. The first kappa shape index (κ1) is 13.6. The summed E-state index contributed by atoms with van der Waals surface area (Å²) < 4.78 is 0. The summed E-state index contributed by atoms with van der Waals surface area (Å²) in [5, 5.41) is 0. The molecule has 0 aliphatic heterocycles. The molecule has 2 N–H and O–H groups in total. The lowest BCUT2D eigenvalue weighted by molar-refractivity contribution is 0.114. The summed E-state index contributed by atoms with van der Waals surface area (Å²) >= 11 is 0. The first-order chi connectivity index (χ1) is 8.86. The minimum Gasteiger partial charge on any atom is -0.329 e. The molecule has 2 nitrogen and oxygen atoms in total. The van der Waals surface area contributed by atoms with E-state index in [9.17, 15) is 0 Å². The van der Waals surface area contributed by atoms with Crippen LogP contribution in [0.3, 0.4) is 0 Å². The molecular formula is C16H26N2. The van der Waals surface area contributed by atoms with Crippen LogP contribution in [0.2, 0.25) is 0 Å². The Morgan fingerprint density at radius 3 is 2.39 bits per heavy atom. The van der Waals surface area contributed by atoms with Crippen LogP contribution in [0.15, 0.2) is 30.3 Å². The van der Waals surface area contributed by atoms with E-state index >= 15 is 0 Å². The van der Waals surface area contributed by atoms with Crippen LogP contribution in [0, 0.1) is 0 Å². The maximum Gasteiger partial charge on any atom is 0.0473 e. The molecule has 2 rings (SSSR count). The molecule has 1 atom stereocenters. The van der Waals surface area contributed by atoms with E-state index in [-0.39, 0.29) is 0 Å². The van der Waals surface area contributed by atoms with Gasteiger partial charge in [0.25, 0.3) is 0 Å². The molecule has 1 aromatic rings. The molecule has 18 heavy (non-hydrogen) atoms. The maximum absolute atomic E-state index is 6.05. The summed E-state index contributed by atoms with van der Waals surface area (Å²) in [6.45, 7) is 4.08. The molecule has 1 fully saturated rings. The van der Waals surface area contributed by atoms with E-state index in [1.165, 1.54) is 37.7 Å². The normalized spacial score (nSPS) is 19.1. The van der Waals surface area contributed by atoms with E-state index in [0.717, 1.165) is 12.6 Å². The number of benzene rings is 1. The van der Waals surface area contributed by atoms with E-state index in [4.69, 9.17) is 5.73 Å². The molecule has 1 aliphatic rings. The van der Waals surface area contributed by atoms with Gasteiger partial charge in [0.1, 0.15) is 0 Å². The monoisotopic (exact) mass is 246 g/mol. The fourth-order valence-electron chi connectivity index (χ4n) is 3.28. The van der Waals surface area contributed by atoms with Crippen molar-refractivity contribution in [1.29, 1.82) is 0 Å². The smallest absolute Gasteiger partial charge is 0.0473 e. The molecule has 1 unspecified atom stereocenters. The fraction of sp³-hybridized carbons (Fsp3) is 0.625. The van der Waals surface area contributed by atoms with Crippen LogP contribution in [0.4, 0.5) is 0 Å². The Morgan fingerprint density at radius 1 is 1.17 bits per heavy atom. The van der Waals surface area contributed by atoms with Crippen molar-refractivity contribution in [3.8, 4) is 0 Å². The molecule has 0 spiro atoms. The highest BCUT2D eigenvalue weighted by Crippen LogP contribution is 2.29. The second-order valence-electron chi connectivity index (χ2n) is 5.28. The Balaban J connectivity index is 2.13. The van der Waals surface area contributed by atoms with Crippen LogP contribution in [-0.2, 0) is 0 Å².